The molecule has 1 atom stereocenters. The van der Waals surface area contributed by atoms with Crippen molar-refractivity contribution in [2.45, 2.75) is 13.0 Å². The molecule has 0 fully saturated rings. The molecule has 0 saturated carbocycles. The van der Waals surface area contributed by atoms with Crippen LogP contribution in [0, 0.1) is 24.4 Å². The van der Waals surface area contributed by atoms with Crippen molar-refractivity contribution in [3.63, 3.8) is 0 Å². The molecule has 2 aromatic rings. The molecule has 2 aromatic carbocycles. The Bertz CT molecular complexity index is 616. The van der Waals surface area contributed by atoms with Gasteiger partial charge in [-0.1, -0.05) is 18.2 Å². The van der Waals surface area contributed by atoms with Crippen LogP contribution in [0.25, 0.3) is 0 Å². The molecule has 0 amide bonds. The maximum atomic E-state index is 13.7. The second-order valence-corrected chi connectivity index (χ2v) is 4.47. The predicted molar refractivity (Wildman–Crippen MR) is 69.9 cm³/mol. The Hall–Kier alpha value is -2.01. The maximum Gasteiger partial charge on any atom is 0.167 e. The van der Waals surface area contributed by atoms with E-state index in [0.717, 1.165) is 12.1 Å². The molecule has 20 heavy (non-hydrogen) atoms. The number of rotatable bonds is 4. The van der Waals surface area contributed by atoms with Crippen LogP contribution >= 0.6 is 0 Å². The molecule has 0 aliphatic heterocycles. The second kappa shape index (κ2) is 5.96. The molecular weight excluding hydrogens is 267 g/mol. The molecule has 0 aromatic heterocycles. The molecule has 2 N–H and O–H groups in total. The van der Waals surface area contributed by atoms with Crippen LogP contribution in [0.15, 0.2) is 36.4 Å². The van der Waals surface area contributed by atoms with Crippen molar-refractivity contribution in [2.24, 2.45) is 5.73 Å². The van der Waals surface area contributed by atoms with E-state index in [4.69, 9.17) is 10.5 Å². The topological polar surface area (TPSA) is 35.2 Å². The van der Waals surface area contributed by atoms with Gasteiger partial charge in [0.25, 0.3) is 0 Å². The lowest BCUT2D eigenvalue weighted by atomic mass is 10.1. The summed E-state index contributed by atoms with van der Waals surface area (Å²) in [4.78, 5) is 0. The third-order valence-corrected chi connectivity index (χ3v) is 2.94. The zero-order valence-electron chi connectivity index (χ0n) is 10.9. The Morgan fingerprint density at radius 1 is 1.15 bits per heavy atom. The highest BCUT2D eigenvalue weighted by Crippen LogP contribution is 2.22. The quantitative estimate of drug-likeness (QED) is 0.931. The number of halogens is 3. The van der Waals surface area contributed by atoms with E-state index < -0.39 is 23.5 Å². The molecule has 1 unspecified atom stereocenters. The first-order valence-electron chi connectivity index (χ1n) is 6.07. The minimum Gasteiger partial charge on any atom is -0.489 e. The zero-order chi connectivity index (χ0) is 14.7. The van der Waals surface area contributed by atoms with Crippen LogP contribution in [0.5, 0.6) is 5.75 Å². The number of benzene rings is 2. The normalized spacial score (nSPS) is 12.2. The average molecular weight is 281 g/mol. The lowest BCUT2D eigenvalue weighted by molar-refractivity contribution is 0.274. The van der Waals surface area contributed by atoms with Crippen LogP contribution in [-0.2, 0) is 0 Å². The van der Waals surface area contributed by atoms with Gasteiger partial charge in [-0.05, 0) is 24.6 Å². The van der Waals surface area contributed by atoms with E-state index in [0.29, 0.717) is 5.56 Å². The van der Waals surface area contributed by atoms with Gasteiger partial charge in [-0.25, -0.2) is 13.2 Å². The van der Waals surface area contributed by atoms with E-state index in [9.17, 15) is 13.2 Å². The molecule has 106 valence electrons. The summed E-state index contributed by atoms with van der Waals surface area (Å²) < 4.78 is 45.3. The fraction of sp³-hybridized carbons (Fsp3) is 0.200. The minimum absolute atomic E-state index is 0.0583. The van der Waals surface area contributed by atoms with Crippen LogP contribution in [0.2, 0.25) is 0 Å². The Morgan fingerprint density at radius 2 is 1.90 bits per heavy atom. The molecule has 0 saturated heterocycles. The van der Waals surface area contributed by atoms with Gasteiger partial charge in [-0.3, -0.25) is 0 Å². The van der Waals surface area contributed by atoms with Crippen molar-refractivity contribution in [3.05, 3.63) is 65.0 Å². The fourth-order valence-corrected chi connectivity index (χ4v) is 1.80. The summed E-state index contributed by atoms with van der Waals surface area (Å²) in [7, 11) is 0. The smallest absolute Gasteiger partial charge is 0.167 e. The van der Waals surface area contributed by atoms with Crippen LogP contribution in [0.4, 0.5) is 13.2 Å². The Balaban J connectivity index is 2.08. The number of hydrogen-bond acceptors (Lipinski definition) is 2. The predicted octanol–water partition coefficient (Wildman–Crippen LogP) is 3.49. The highest BCUT2D eigenvalue weighted by Gasteiger charge is 2.14. The Kier molecular flexibility index (Phi) is 4.29. The van der Waals surface area contributed by atoms with Crippen LogP contribution in [-0.4, -0.2) is 6.61 Å². The van der Waals surface area contributed by atoms with Crippen molar-refractivity contribution in [2.75, 3.05) is 6.61 Å². The highest BCUT2D eigenvalue weighted by molar-refractivity contribution is 5.30. The number of hydrogen-bond donors (Lipinski definition) is 1. The third kappa shape index (κ3) is 3.11. The standard InChI is InChI=1S/C15H14F3NO/c1-9-3-2-4-14(15(9)18)20-8-13(19)11-6-5-10(16)7-12(11)17/h2-7,13H,8,19H2,1H3. The lowest BCUT2D eigenvalue weighted by Gasteiger charge is -2.15. The van der Waals surface area contributed by atoms with Crippen molar-refractivity contribution in [1.29, 1.82) is 0 Å². The van der Waals surface area contributed by atoms with Gasteiger partial charge in [0.1, 0.15) is 18.2 Å². The SMILES string of the molecule is Cc1cccc(OCC(N)c2ccc(F)cc2F)c1F. The molecule has 0 heterocycles. The fourth-order valence-electron chi connectivity index (χ4n) is 1.80. The molecule has 0 spiro atoms. The summed E-state index contributed by atoms with van der Waals surface area (Å²) in [5.41, 5.74) is 6.34. The van der Waals surface area contributed by atoms with Crippen molar-refractivity contribution in [3.8, 4) is 5.75 Å². The van der Waals surface area contributed by atoms with Gasteiger partial charge in [0.15, 0.2) is 11.6 Å². The van der Waals surface area contributed by atoms with Gasteiger partial charge in [0.05, 0.1) is 6.04 Å². The van der Waals surface area contributed by atoms with Gasteiger partial charge in [0.2, 0.25) is 0 Å². The van der Waals surface area contributed by atoms with Crippen molar-refractivity contribution < 1.29 is 17.9 Å². The van der Waals surface area contributed by atoms with Crippen molar-refractivity contribution in [1.82, 2.24) is 0 Å². The Morgan fingerprint density at radius 3 is 2.60 bits per heavy atom. The molecule has 0 aliphatic rings. The average Bonchev–Trinajstić information content (AvgIpc) is 2.40. The van der Waals surface area contributed by atoms with E-state index in [2.05, 4.69) is 0 Å². The summed E-state index contributed by atoms with van der Waals surface area (Å²) in [5, 5.41) is 0. The number of nitrogens with two attached hydrogens (primary N) is 1. The van der Waals surface area contributed by atoms with Gasteiger partial charge in [-0.2, -0.15) is 0 Å². The molecule has 0 bridgehead atoms. The molecule has 2 rings (SSSR count). The first-order chi connectivity index (χ1) is 9.49. The van der Waals surface area contributed by atoms with Crippen LogP contribution in [0.1, 0.15) is 17.2 Å². The van der Waals surface area contributed by atoms with Crippen molar-refractivity contribution >= 4 is 0 Å². The van der Waals surface area contributed by atoms with Gasteiger partial charge in [-0.15, -0.1) is 0 Å². The van der Waals surface area contributed by atoms with E-state index in [1.165, 1.54) is 12.1 Å². The molecule has 0 aliphatic carbocycles. The summed E-state index contributed by atoms with van der Waals surface area (Å²) in [6, 6.07) is 7.05. The summed E-state index contributed by atoms with van der Waals surface area (Å²) in [5.74, 6) is -1.84. The van der Waals surface area contributed by atoms with Gasteiger partial charge in [0, 0.05) is 11.6 Å². The third-order valence-electron chi connectivity index (χ3n) is 2.94. The van der Waals surface area contributed by atoms with E-state index in [1.807, 2.05) is 0 Å². The first kappa shape index (κ1) is 14.4. The monoisotopic (exact) mass is 281 g/mol. The van der Waals surface area contributed by atoms with Gasteiger partial charge >= 0.3 is 0 Å². The molecule has 2 nitrogen and oxygen atoms in total. The summed E-state index contributed by atoms with van der Waals surface area (Å²) in [6.07, 6.45) is 0. The highest BCUT2D eigenvalue weighted by atomic mass is 19.1. The van der Waals surface area contributed by atoms with Crippen LogP contribution in [0.3, 0.4) is 0 Å². The van der Waals surface area contributed by atoms with E-state index >= 15 is 0 Å². The van der Waals surface area contributed by atoms with E-state index in [1.54, 1.807) is 19.1 Å². The second-order valence-electron chi connectivity index (χ2n) is 4.47. The van der Waals surface area contributed by atoms with Gasteiger partial charge < -0.3 is 10.5 Å². The Labute approximate surface area is 115 Å². The maximum absolute atomic E-state index is 13.7. The summed E-state index contributed by atoms with van der Waals surface area (Å²) in [6.45, 7) is 1.50. The minimum atomic E-state index is -0.810. The zero-order valence-corrected chi connectivity index (χ0v) is 10.9. The molecular formula is C15H14F3NO. The summed E-state index contributed by atoms with van der Waals surface area (Å²) >= 11 is 0. The lowest BCUT2D eigenvalue weighted by Crippen LogP contribution is -2.20. The first-order valence-corrected chi connectivity index (χ1v) is 6.07. The number of aryl methyl sites for hydroxylation is 1. The number of ether oxygens (including phenoxy) is 1. The van der Waals surface area contributed by atoms with Crippen LogP contribution < -0.4 is 10.5 Å². The van der Waals surface area contributed by atoms with E-state index in [-0.39, 0.29) is 17.9 Å². The molecule has 0 radical (unpaired) electrons. The molecule has 5 heteroatoms. The largest absolute Gasteiger partial charge is 0.489 e.